The lowest BCUT2D eigenvalue weighted by atomic mass is 9.96. The fourth-order valence-electron chi connectivity index (χ4n) is 3.13. The van der Waals surface area contributed by atoms with Crippen LogP contribution in [0.5, 0.6) is 0 Å². The minimum absolute atomic E-state index is 0.0837. The Hall–Kier alpha value is -1.47. The first-order valence-corrected chi connectivity index (χ1v) is 8.16. The van der Waals surface area contributed by atoms with Gasteiger partial charge in [0.2, 0.25) is 17.7 Å². The van der Waals surface area contributed by atoms with Gasteiger partial charge in [0, 0.05) is 26.1 Å². The van der Waals surface area contributed by atoms with Crippen LogP contribution in [-0.2, 0) is 22.5 Å². The average molecular weight is 308 g/mol. The molecule has 0 aliphatic carbocycles. The van der Waals surface area contributed by atoms with E-state index in [9.17, 15) is 4.79 Å². The number of rotatable bonds is 4. The summed E-state index contributed by atoms with van der Waals surface area (Å²) in [5.74, 6) is 1.68. The zero-order chi connectivity index (χ0) is 15.4. The molecule has 3 rings (SSSR count). The third kappa shape index (κ3) is 3.64. The Bertz CT molecular complexity index is 499. The largest absolute Gasteiger partial charge is 0.424 e. The first-order valence-electron chi connectivity index (χ1n) is 8.16. The maximum absolute atomic E-state index is 12.6. The highest BCUT2D eigenvalue weighted by Gasteiger charge is 2.30. The molecule has 2 saturated heterocycles. The predicted octanol–water partition coefficient (Wildman–Crippen LogP) is 0.703. The molecular weight excluding hydrogens is 284 g/mol. The second-order valence-electron chi connectivity index (χ2n) is 5.96. The highest BCUT2D eigenvalue weighted by Crippen LogP contribution is 2.21. The van der Waals surface area contributed by atoms with Crippen LogP contribution in [0.2, 0.25) is 0 Å². The summed E-state index contributed by atoms with van der Waals surface area (Å²) in [5.41, 5.74) is 0. The van der Waals surface area contributed by atoms with Gasteiger partial charge < -0.3 is 14.1 Å². The molecule has 1 unspecified atom stereocenters. The van der Waals surface area contributed by atoms with Crippen LogP contribution >= 0.6 is 0 Å². The molecule has 0 radical (unpaired) electrons. The minimum atomic E-state index is 0.0837. The number of ether oxygens (including phenoxy) is 1. The van der Waals surface area contributed by atoms with E-state index in [1.807, 2.05) is 11.8 Å². The van der Waals surface area contributed by atoms with Crippen LogP contribution in [0, 0.1) is 5.92 Å². The van der Waals surface area contributed by atoms with Gasteiger partial charge in [-0.15, -0.1) is 10.2 Å². The maximum Gasteiger partial charge on any atom is 0.230 e. The van der Waals surface area contributed by atoms with Crippen LogP contribution in [0.4, 0.5) is 0 Å². The molecule has 22 heavy (non-hydrogen) atoms. The van der Waals surface area contributed by atoms with Crippen molar-refractivity contribution in [2.45, 2.75) is 32.7 Å². The zero-order valence-corrected chi connectivity index (χ0v) is 13.2. The summed E-state index contributed by atoms with van der Waals surface area (Å²) in [5, 5.41) is 8.07. The number of hydrogen-bond acceptors (Lipinski definition) is 6. The van der Waals surface area contributed by atoms with Gasteiger partial charge in [-0.25, -0.2) is 0 Å². The number of nitrogens with zero attached hydrogens (tertiary/aromatic N) is 4. The standard InChI is InChI=1S/C15H24N4O3/c1-2-13-16-17-14(22-13)11-18-5-3-4-12(10-18)15(20)19-6-8-21-9-7-19/h12H,2-11H2,1H3. The summed E-state index contributed by atoms with van der Waals surface area (Å²) in [6.07, 6.45) is 2.76. The third-order valence-corrected chi connectivity index (χ3v) is 4.35. The van der Waals surface area contributed by atoms with Gasteiger partial charge >= 0.3 is 0 Å². The van der Waals surface area contributed by atoms with Crippen molar-refractivity contribution in [3.63, 3.8) is 0 Å². The Morgan fingerprint density at radius 3 is 2.73 bits per heavy atom. The Morgan fingerprint density at radius 1 is 1.23 bits per heavy atom. The fraction of sp³-hybridized carbons (Fsp3) is 0.800. The van der Waals surface area contributed by atoms with E-state index in [0.29, 0.717) is 31.5 Å². The molecule has 0 aromatic carbocycles. The van der Waals surface area contributed by atoms with Gasteiger partial charge in [-0.05, 0) is 19.4 Å². The lowest BCUT2D eigenvalue weighted by Crippen LogP contribution is -2.48. The first kappa shape index (κ1) is 15.4. The number of amides is 1. The maximum atomic E-state index is 12.6. The third-order valence-electron chi connectivity index (χ3n) is 4.35. The van der Waals surface area contributed by atoms with Crippen molar-refractivity contribution < 1.29 is 13.9 Å². The van der Waals surface area contributed by atoms with Crippen molar-refractivity contribution >= 4 is 5.91 Å². The fourth-order valence-corrected chi connectivity index (χ4v) is 3.13. The molecule has 1 aromatic rings. The van der Waals surface area contributed by atoms with E-state index in [1.54, 1.807) is 0 Å². The number of morpholine rings is 1. The number of hydrogen-bond donors (Lipinski definition) is 0. The number of aromatic nitrogens is 2. The molecule has 0 spiro atoms. The van der Waals surface area contributed by atoms with E-state index < -0.39 is 0 Å². The monoisotopic (exact) mass is 308 g/mol. The highest BCUT2D eigenvalue weighted by molar-refractivity contribution is 5.79. The Labute approximate surface area is 130 Å². The number of carbonyl (C=O) groups excluding carboxylic acids is 1. The zero-order valence-electron chi connectivity index (χ0n) is 13.2. The van der Waals surface area contributed by atoms with E-state index in [4.69, 9.17) is 9.15 Å². The second-order valence-corrected chi connectivity index (χ2v) is 5.96. The van der Waals surface area contributed by atoms with Crippen molar-refractivity contribution in [3.8, 4) is 0 Å². The summed E-state index contributed by atoms with van der Waals surface area (Å²) in [7, 11) is 0. The Kier molecular flexibility index (Phi) is 5.04. The molecule has 7 heteroatoms. The number of piperidine rings is 1. The summed E-state index contributed by atoms with van der Waals surface area (Å²) < 4.78 is 10.9. The topological polar surface area (TPSA) is 71.7 Å². The molecule has 0 saturated carbocycles. The number of aryl methyl sites for hydroxylation is 1. The molecule has 1 atom stereocenters. The van der Waals surface area contributed by atoms with Crippen LogP contribution in [0.3, 0.4) is 0 Å². The van der Waals surface area contributed by atoms with Crippen molar-refractivity contribution in [2.24, 2.45) is 5.92 Å². The highest BCUT2D eigenvalue weighted by atomic mass is 16.5. The van der Waals surface area contributed by atoms with Gasteiger partial charge in [0.1, 0.15) is 0 Å². The summed E-state index contributed by atoms with van der Waals surface area (Å²) >= 11 is 0. The molecule has 3 heterocycles. The summed E-state index contributed by atoms with van der Waals surface area (Å²) in [4.78, 5) is 16.8. The van der Waals surface area contributed by atoms with Crippen LogP contribution in [0.15, 0.2) is 4.42 Å². The molecule has 122 valence electrons. The van der Waals surface area contributed by atoms with Gasteiger partial charge in [-0.1, -0.05) is 6.92 Å². The van der Waals surface area contributed by atoms with Gasteiger partial charge in [0.25, 0.3) is 0 Å². The smallest absolute Gasteiger partial charge is 0.230 e. The molecular formula is C15H24N4O3. The molecule has 2 aliphatic rings. The van der Waals surface area contributed by atoms with Crippen molar-refractivity contribution in [3.05, 3.63) is 11.8 Å². The molecule has 0 bridgehead atoms. The molecule has 7 nitrogen and oxygen atoms in total. The van der Waals surface area contributed by atoms with Gasteiger partial charge in [-0.2, -0.15) is 0 Å². The summed E-state index contributed by atoms with van der Waals surface area (Å²) in [6, 6.07) is 0. The van der Waals surface area contributed by atoms with Crippen molar-refractivity contribution in [1.82, 2.24) is 20.0 Å². The minimum Gasteiger partial charge on any atom is -0.424 e. The molecule has 2 fully saturated rings. The van der Waals surface area contributed by atoms with Crippen molar-refractivity contribution in [2.75, 3.05) is 39.4 Å². The quantitative estimate of drug-likeness (QED) is 0.815. The van der Waals surface area contributed by atoms with E-state index in [2.05, 4.69) is 15.1 Å². The van der Waals surface area contributed by atoms with Gasteiger partial charge in [-0.3, -0.25) is 9.69 Å². The van der Waals surface area contributed by atoms with E-state index in [1.165, 1.54) is 0 Å². The molecule has 1 aromatic heterocycles. The normalized spacial score (nSPS) is 23.7. The molecule has 1 amide bonds. The lowest BCUT2D eigenvalue weighted by molar-refractivity contribution is -0.141. The molecule has 2 aliphatic heterocycles. The Balaban J connectivity index is 1.55. The van der Waals surface area contributed by atoms with Crippen molar-refractivity contribution in [1.29, 1.82) is 0 Å². The van der Waals surface area contributed by atoms with Crippen LogP contribution in [0.1, 0.15) is 31.5 Å². The van der Waals surface area contributed by atoms with E-state index in [0.717, 1.165) is 45.4 Å². The Morgan fingerprint density at radius 2 is 2.00 bits per heavy atom. The van der Waals surface area contributed by atoms with Gasteiger partial charge in [0.15, 0.2) is 0 Å². The van der Waals surface area contributed by atoms with Gasteiger partial charge in [0.05, 0.1) is 25.7 Å². The second kappa shape index (κ2) is 7.19. The van der Waals surface area contributed by atoms with Crippen LogP contribution in [0.25, 0.3) is 0 Å². The average Bonchev–Trinajstić information content (AvgIpc) is 3.03. The predicted molar refractivity (Wildman–Crippen MR) is 79.1 cm³/mol. The number of carbonyl (C=O) groups is 1. The molecule has 0 N–H and O–H groups in total. The summed E-state index contributed by atoms with van der Waals surface area (Å²) in [6.45, 7) is 7.15. The van der Waals surface area contributed by atoms with E-state index >= 15 is 0 Å². The van der Waals surface area contributed by atoms with Crippen LogP contribution < -0.4 is 0 Å². The SMILES string of the molecule is CCc1nnc(CN2CCCC(C(=O)N3CCOCC3)C2)o1. The van der Waals surface area contributed by atoms with E-state index in [-0.39, 0.29) is 11.8 Å². The first-order chi connectivity index (χ1) is 10.8. The lowest BCUT2D eigenvalue weighted by Gasteiger charge is -2.35. The van der Waals surface area contributed by atoms with Crippen LogP contribution in [-0.4, -0.2) is 65.3 Å². The number of likely N-dealkylation sites (tertiary alicyclic amines) is 1.